The van der Waals surface area contributed by atoms with Gasteiger partial charge in [0.05, 0.1) is 48.7 Å². The number of nitrogen functional groups attached to an aromatic ring is 1. The molecule has 13 heteroatoms. The molecule has 342 valence electrons. The standard InChI is InChI=1S/C48H79N7O6/c1-14-33(8)44(54(11)48(59)42(30(2)3)52-47(58)43(31(4)5)53(10)32(6)7)40(60-12)28-41(56)55-26-18-21-39(55)45(61-13)34(9)46(57)51-38(27-35-19-16-15-17-20-35)29-50-37-24-22-36(49)23-25-37/h15-17,19-20,22-25,30-34,38-40,42-45,50H,14,18,21,26-29,49H2,1-13H3,(H,51,57)(H,52,58)/t33-,34+,38-,39-,40+,42-,43-,44-,45+/m0/s1. The highest BCUT2D eigenvalue weighted by Gasteiger charge is 2.43. The molecule has 1 aliphatic rings. The first-order valence-electron chi connectivity index (χ1n) is 22.4. The van der Waals surface area contributed by atoms with Gasteiger partial charge in [-0.15, -0.1) is 0 Å². The van der Waals surface area contributed by atoms with Crippen LogP contribution in [0.4, 0.5) is 11.4 Å². The first kappa shape index (κ1) is 51.2. The third kappa shape index (κ3) is 14.2. The SMILES string of the molecule is CC[C@H](C)[C@@H]([C@@H](CC(=O)N1CCC[C@H]1[C@H](OC)[C@@H](C)C(=O)N[C@H](CNc1ccc(N)cc1)Cc1ccccc1)OC)N(C)C(=O)[C@@H](NC(=O)[C@H](C(C)C)N(C)C(C)C)C(C)C. The molecule has 5 N–H and O–H groups in total. The molecule has 0 bridgehead atoms. The molecule has 13 nitrogen and oxygen atoms in total. The number of hydrogen-bond donors (Lipinski definition) is 4. The predicted octanol–water partition coefficient (Wildman–Crippen LogP) is 5.83. The summed E-state index contributed by atoms with van der Waals surface area (Å²) >= 11 is 0. The van der Waals surface area contributed by atoms with Crippen LogP contribution in [-0.2, 0) is 35.1 Å². The van der Waals surface area contributed by atoms with Crippen LogP contribution in [-0.4, -0.2) is 128 Å². The molecule has 1 fully saturated rings. The lowest BCUT2D eigenvalue weighted by molar-refractivity contribution is -0.148. The fraction of sp³-hybridized carbons (Fsp3) is 0.667. The number of nitrogens with zero attached hydrogens (tertiary/aromatic N) is 3. The topological polar surface area (TPSA) is 159 Å². The van der Waals surface area contributed by atoms with Gasteiger partial charge in [0.1, 0.15) is 6.04 Å². The Morgan fingerprint density at radius 1 is 0.852 bits per heavy atom. The molecule has 0 unspecified atom stereocenters. The summed E-state index contributed by atoms with van der Waals surface area (Å²) in [6.07, 6.45) is 1.71. The van der Waals surface area contributed by atoms with Crippen molar-refractivity contribution in [3.8, 4) is 0 Å². The Bertz CT molecular complexity index is 1660. The molecule has 0 radical (unpaired) electrons. The molecular weight excluding hydrogens is 771 g/mol. The van der Waals surface area contributed by atoms with E-state index < -0.39 is 36.3 Å². The van der Waals surface area contributed by atoms with Gasteiger partial charge in [0.2, 0.25) is 23.6 Å². The minimum atomic E-state index is -0.766. The number of nitrogens with two attached hydrogens (primary N) is 1. The maximum atomic E-state index is 14.4. The third-order valence-corrected chi connectivity index (χ3v) is 12.8. The van der Waals surface area contributed by atoms with E-state index in [1.807, 2.05) is 93.9 Å². The van der Waals surface area contributed by atoms with Gasteiger partial charge in [0.15, 0.2) is 0 Å². The maximum Gasteiger partial charge on any atom is 0.245 e. The molecule has 4 amide bonds. The van der Waals surface area contributed by atoms with E-state index in [1.54, 1.807) is 26.2 Å². The third-order valence-electron chi connectivity index (χ3n) is 12.8. The van der Waals surface area contributed by atoms with Crippen molar-refractivity contribution in [1.29, 1.82) is 0 Å². The zero-order valence-corrected chi connectivity index (χ0v) is 39.4. The Morgan fingerprint density at radius 2 is 1.49 bits per heavy atom. The van der Waals surface area contributed by atoms with Crippen LogP contribution < -0.4 is 21.7 Å². The van der Waals surface area contributed by atoms with Gasteiger partial charge in [-0.05, 0) is 87.7 Å². The van der Waals surface area contributed by atoms with Crippen LogP contribution in [0.25, 0.3) is 0 Å². The minimum absolute atomic E-state index is 0.0196. The van der Waals surface area contributed by atoms with E-state index in [0.29, 0.717) is 31.6 Å². The smallest absolute Gasteiger partial charge is 0.245 e. The average Bonchev–Trinajstić information content (AvgIpc) is 3.71. The van der Waals surface area contributed by atoms with Crippen molar-refractivity contribution < 1.29 is 28.7 Å². The van der Waals surface area contributed by atoms with Gasteiger partial charge < -0.3 is 41.0 Å². The van der Waals surface area contributed by atoms with E-state index >= 15 is 0 Å². The first-order chi connectivity index (χ1) is 28.9. The number of carbonyl (C=O) groups excluding carboxylic acids is 4. The molecule has 0 saturated carbocycles. The second-order valence-electron chi connectivity index (χ2n) is 18.2. The zero-order valence-electron chi connectivity index (χ0n) is 39.4. The van der Waals surface area contributed by atoms with Crippen LogP contribution in [0.15, 0.2) is 54.6 Å². The van der Waals surface area contributed by atoms with Crippen LogP contribution in [0, 0.1) is 23.7 Å². The predicted molar refractivity (Wildman–Crippen MR) is 246 cm³/mol. The van der Waals surface area contributed by atoms with Crippen molar-refractivity contribution >= 4 is 35.0 Å². The Balaban J connectivity index is 1.79. The lowest BCUT2D eigenvalue weighted by atomic mass is 9.89. The molecule has 2 aromatic rings. The Morgan fingerprint density at radius 3 is 2.03 bits per heavy atom. The average molecular weight is 850 g/mol. The second kappa shape index (κ2) is 24.4. The van der Waals surface area contributed by atoms with Crippen LogP contribution in [0.1, 0.15) is 93.6 Å². The van der Waals surface area contributed by atoms with Gasteiger partial charge in [0.25, 0.3) is 0 Å². The highest BCUT2D eigenvalue weighted by atomic mass is 16.5. The normalized spacial score (nSPS) is 18.3. The number of anilines is 2. The van der Waals surface area contributed by atoms with E-state index in [9.17, 15) is 19.2 Å². The molecule has 1 heterocycles. The molecule has 1 saturated heterocycles. The molecule has 9 atom stereocenters. The maximum absolute atomic E-state index is 14.4. The van der Waals surface area contributed by atoms with Gasteiger partial charge >= 0.3 is 0 Å². The van der Waals surface area contributed by atoms with E-state index in [-0.39, 0.29) is 65.9 Å². The van der Waals surface area contributed by atoms with Crippen molar-refractivity contribution in [2.24, 2.45) is 23.7 Å². The second-order valence-corrected chi connectivity index (χ2v) is 18.2. The quantitative estimate of drug-likeness (QED) is 0.0954. The summed E-state index contributed by atoms with van der Waals surface area (Å²) in [4.78, 5) is 62.3. The largest absolute Gasteiger partial charge is 0.399 e. The Labute approximate surface area is 367 Å². The van der Waals surface area contributed by atoms with E-state index in [0.717, 1.165) is 24.1 Å². The molecule has 61 heavy (non-hydrogen) atoms. The van der Waals surface area contributed by atoms with Gasteiger partial charge in [-0.3, -0.25) is 24.1 Å². The molecular formula is C48H79N7O6. The lowest BCUT2D eigenvalue weighted by Gasteiger charge is -2.41. The molecule has 3 rings (SSSR count). The number of methoxy groups -OCH3 is 2. The first-order valence-corrected chi connectivity index (χ1v) is 22.4. The zero-order chi connectivity index (χ0) is 45.6. The number of benzene rings is 2. The van der Waals surface area contributed by atoms with Crippen molar-refractivity contribution in [2.75, 3.05) is 52.5 Å². The summed E-state index contributed by atoms with van der Waals surface area (Å²) in [5.41, 5.74) is 8.58. The van der Waals surface area contributed by atoms with E-state index in [2.05, 4.69) is 55.8 Å². The fourth-order valence-electron chi connectivity index (χ4n) is 8.80. The van der Waals surface area contributed by atoms with Crippen LogP contribution in [0.5, 0.6) is 0 Å². The number of likely N-dealkylation sites (N-methyl/N-ethyl adjacent to an activating group) is 2. The Hall–Kier alpha value is -4.20. The number of carbonyl (C=O) groups is 4. The van der Waals surface area contributed by atoms with Crippen molar-refractivity contribution in [1.82, 2.24) is 25.3 Å². The summed E-state index contributed by atoms with van der Waals surface area (Å²) in [6.45, 7) is 19.0. The van der Waals surface area contributed by atoms with Gasteiger partial charge in [-0.2, -0.15) is 0 Å². The Kier molecular flexibility index (Phi) is 20.5. The van der Waals surface area contributed by atoms with Gasteiger partial charge in [-0.1, -0.05) is 85.2 Å². The van der Waals surface area contributed by atoms with E-state index in [4.69, 9.17) is 15.2 Å². The fourth-order valence-corrected chi connectivity index (χ4v) is 8.80. The number of likely N-dealkylation sites (tertiary alicyclic amines) is 1. The molecule has 0 aromatic heterocycles. The highest BCUT2D eigenvalue weighted by molar-refractivity contribution is 5.90. The summed E-state index contributed by atoms with van der Waals surface area (Å²) < 4.78 is 12.2. The van der Waals surface area contributed by atoms with Crippen LogP contribution in [0.3, 0.4) is 0 Å². The highest BCUT2D eigenvalue weighted by Crippen LogP contribution is 2.30. The number of rotatable bonds is 24. The number of hydrogen-bond acceptors (Lipinski definition) is 9. The minimum Gasteiger partial charge on any atom is -0.399 e. The molecule has 2 aromatic carbocycles. The van der Waals surface area contributed by atoms with Crippen molar-refractivity contribution in [3.63, 3.8) is 0 Å². The van der Waals surface area contributed by atoms with Crippen LogP contribution >= 0.6 is 0 Å². The van der Waals surface area contributed by atoms with Gasteiger partial charge in [0, 0.05) is 51.8 Å². The summed E-state index contributed by atoms with van der Waals surface area (Å²) in [6, 6.07) is 15.5. The van der Waals surface area contributed by atoms with Gasteiger partial charge in [-0.25, -0.2) is 0 Å². The molecule has 0 aliphatic carbocycles. The number of nitrogens with one attached hydrogen (secondary N) is 3. The number of ether oxygens (including phenoxy) is 2. The van der Waals surface area contributed by atoms with Crippen molar-refractivity contribution in [3.05, 3.63) is 60.2 Å². The van der Waals surface area contributed by atoms with E-state index in [1.165, 1.54) is 0 Å². The lowest BCUT2D eigenvalue weighted by Crippen LogP contribution is -2.60. The molecule has 0 spiro atoms. The summed E-state index contributed by atoms with van der Waals surface area (Å²) in [5.74, 6) is -1.39. The molecule has 1 aliphatic heterocycles. The van der Waals surface area contributed by atoms with Crippen molar-refractivity contribution in [2.45, 2.75) is 143 Å². The number of amides is 4. The van der Waals surface area contributed by atoms with Crippen LogP contribution in [0.2, 0.25) is 0 Å². The summed E-state index contributed by atoms with van der Waals surface area (Å²) in [5, 5.41) is 9.83. The summed E-state index contributed by atoms with van der Waals surface area (Å²) in [7, 11) is 6.88. The monoisotopic (exact) mass is 850 g/mol.